The zero-order valence-corrected chi connectivity index (χ0v) is 15.1. The Kier molecular flexibility index (Phi) is 5.58. The SMILES string of the molecule is COc1ccccc1N1CC(C(=O)NCc2cccc(C(F)(F)F)c2)CC1=O. The van der Waals surface area contributed by atoms with Gasteiger partial charge in [-0.1, -0.05) is 24.3 Å². The van der Waals surface area contributed by atoms with Crippen LogP contribution in [0.1, 0.15) is 17.5 Å². The maximum absolute atomic E-state index is 12.8. The first-order valence-corrected chi connectivity index (χ1v) is 8.67. The van der Waals surface area contributed by atoms with E-state index >= 15 is 0 Å². The smallest absolute Gasteiger partial charge is 0.416 e. The van der Waals surface area contributed by atoms with Gasteiger partial charge in [-0.15, -0.1) is 0 Å². The fourth-order valence-electron chi connectivity index (χ4n) is 3.16. The lowest BCUT2D eigenvalue weighted by molar-refractivity contribution is -0.137. The Morgan fingerprint density at radius 1 is 1.21 bits per heavy atom. The lowest BCUT2D eigenvalue weighted by Crippen LogP contribution is -2.32. The summed E-state index contributed by atoms with van der Waals surface area (Å²) in [5.41, 5.74) is 0.162. The van der Waals surface area contributed by atoms with Crippen molar-refractivity contribution in [1.29, 1.82) is 0 Å². The number of nitrogens with one attached hydrogen (secondary N) is 1. The average Bonchev–Trinajstić information content (AvgIpc) is 3.07. The molecule has 0 aliphatic carbocycles. The highest BCUT2D eigenvalue weighted by Gasteiger charge is 2.36. The number of halogens is 3. The molecule has 0 aromatic heterocycles. The highest BCUT2D eigenvalue weighted by atomic mass is 19.4. The molecule has 3 rings (SSSR count). The number of nitrogens with zero attached hydrogens (tertiary/aromatic N) is 1. The van der Waals surface area contributed by atoms with E-state index in [2.05, 4.69) is 5.32 Å². The summed E-state index contributed by atoms with van der Waals surface area (Å²) in [5, 5.41) is 2.62. The van der Waals surface area contributed by atoms with E-state index in [0.29, 0.717) is 17.0 Å². The molecule has 1 saturated heterocycles. The van der Waals surface area contributed by atoms with Crippen LogP contribution >= 0.6 is 0 Å². The highest BCUT2D eigenvalue weighted by Crippen LogP contribution is 2.33. The van der Waals surface area contributed by atoms with Gasteiger partial charge in [0.25, 0.3) is 0 Å². The van der Waals surface area contributed by atoms with Crippen LogP contribution in [0.15, 0.2) is 48.5 Å². The molecular formula is C20H19F3N2O3. The van der Waals surface area contributed by atoms with Crippen molar-refractivity contribution in [2.75, 3.05) is 18.6 Å². The van der Waals surface area contributed by atoms with E-state index in [1.807, 2.05) is 0 Å². The van der Waals surface area contributed by atoms with E-state index in [-0.39, 0.29) is 31.3 Å². The lowest BCUT2D eigenvalue weighted by Gasteiger charge is -2.19. The maximum atomic E-state index is 12.8. The Bertz CT molecular complexity index is 883. The van der Waals surface area contributed by atoms with Crippen LogP contribution in [0.2, 0.25) is 0 Å². The topological polar surface area (TPSA) is 58.6 Å². The van der Waals surface area contributed by atoms with Gasteiger partial charge in [0.05, 0.1) is 24.3 Å². The van der Waals surface area contributed by atoms with E-state index in [0.717, 1.165) is 12.1 Å². The number of hydrogen-bond donors (Lipinski definition) is 1. The third-order valence-electron chi connectivity index (χ3n) is 4.59. The van der Waals surface area contributed by atoms with Crippen molar-refractivity contribution in [1.82, 2.24) is 5.32 Å². The second kappa shape index (κ2) is 7.92. The predicted octanol–water partition coefficient (Wildman–Crippen LogP) is 3.38. The normalized spacial score (nSPS) is 16.9. The molecule has 0 radical (unpaired) electrons. The van der Waals surface area contributed by atoms with Crippen LogP contribution in [0, 0.1) is 5.92 Å². The number of ether oxygens (including phenoxy) is 1. The number of amides is 2. The van der Waals surface area contributed by atoms with Gasteiger partial charge in [-0.3, -0.25) is 9.59 Å². The Labute approximate surface area is 160 Å². The monoisotopic (exact) mass is 392 g/mol. The minimum atomic E-state index is -4.44. The van der Waals surface area contributed by atoms with Crippen molar-refractivity contribution >= 4 is 17.5 Å². The number of benzene rings is 2. The van der Waals surface area contributed by atoms with Crippen molar-refractivity contribution in [3.8, 4) is 5.75 Å². The van der Waals surface area contributed by atoms with Crippen molar-refractivity contribution in [2.45, 2.75) is 19.1 Å². The van der Waals surface area contributed by atoms with Crippen LogP contribution in [-0.2, 0) is 22.3 Å². The van der Waals surface area contributed by atoms with E-state index < -0.39 is 17.7 Å². The molecule has 0 saturated carbocycles. The van der Waals surface area contributed by atoms with Crippen LogP contribution in [0.3, 0.4) is 0 Å². The van der Waals surface area contributed by atoms with E-state index in [4.69, 9.17) is 4.74 Å². The molecule has 2 amide bonds. The summed E-state index contributed by atoms with van der Waals surface area (Å²) in [6.07, 6.45) is -4.40. The molecule has 1 atom stereocenters. The van der Waals surface area contributed by atoms with Gasteiger partial charge in [0.15, 0.2) is 0 Å². The van der Waals surface area contributed by atoms with Crippen molar-refractivity contribution in [2.24, 2.45) is 5.92 Å². The van der Waals surface area contributed by atoms with Gasteiger partial charge in [-0.05, 0) is 29.8 Å². The Morgan fingerprint density at radius 2 is 1.96 bits per heavy atom. The van der Waals surface area contributed by atoms with Gasteiger partial charge in [0, 0.05) is 19.5 Å². The Morgan fingerprint density at radius 3 is 2.68 bits per heavy atom. The molecule has 2 aromatic carbocycles. The number of para-hydroxylation sites is 2. The number of alkyl halides is 3. The van der Waals surface area contributed by atoms with Gasteiger partial charge in [-0.2, -0.15) is 13.2 Å². The van der Waals surface area contributed by atoms with E-state index in [9.17, 15) is 22.8 Å². The fourth-order valence-corrected chi connectivity index (χ4v) is 3.16. The first-order chi connectivity index (χ1) is 13.3. The molecule has 8 heteroatoms. The predicted molar refractivity (Wildman–Crippen MR) is 96.7 cm³/mol. The molecule has 1 aliphatic rings. The zero-order chi connectivity index (χ0) is 20.3. The molecule has 1 unspecified atom stereocenters. The number of carbonyl (C=O) groups excluding carboxylic acids is 2. The van der Waals surface area contributed by atoms with Gasteiger partial charge < -0.3 is 15.0 Å². The number of rotatable bonds is 5. The van der Waals surface area contributed by atoms with Gasteiger partial charge in [0.1, 0.15) is 5.75 Å². The van der Waals surface area contributed by atoms with Crippen LogP contribution in [0.25, 0.3) is 0 Å². The number of methoxy groups -OCH3 is 1. The second-order valence-corrected chi connectivity index (χ2v) is 6.49. The molecule has 0 bridgehead atoms. The molecule has 5 nitrogen and oxygen atoms in total. The van der Waals surface area contributed by atoms with Crippen molar-refractivity contribution < 1.29 is 27.5 Å². The minimum absolute atomic E-state index is 0.0342. The molecular weight excluding hydrogens is 373 g/mol. The minimum Gasteiger partial charge on any atom is -0.495 e. The first kappa shape index (κ1) is 19.7. The highest BCUT2D eigenvalue weighted by molar-refractivity contribution is 6.01. The van der Waals surface area contributed by atoms with Crippen LogP contribution in [0.4, 0.5) is 18.9 Å². The van der Waals surface area contributed by atoms with Crippen LogP contribution in [-0.4, -0.2) is 25.5 Å². The summed E-state index contributed by atoms with van der Waals surface area (Å²) in [5.74, 6) is -0.629. The molecule has 148 valence electrons. The average molecular weight is 392 g/mol. The van der Waals surface area contributed by atoms with E-state index in [1.54, 1.807) is 24.3 Å². The quantitative estimate of drug-likeness (QED) is 0.849. The second-order valence-electron chi connectivity index (χ2n) is 6.49. The summed E-state index contributed by atoms with van der Waals surface area (Å²) in [4.78, 5) is 26.3. The number of carbonyl (C=O) groups is 2. The summed E-state index contributed by atoms with van der Waals surface area (Å²) < 4.78 is 43.6. The molecule has 1 heterocycles. The maximum Gasteiger partial charge on any atom is 0.416 e. The summed E-state index contributed by atoms with van der Waals surface area (Å²) >= 11 is 0. The molecule has 0 spiro atoms. The van der Waals surface area contributed by atoms with Gasteiger partial charge in [0.2, 0.25) is 11.8 Å². The number of anilines is 1. The van der Waals surface area contributed by atoms with Gasteiger partial charge >= 0.3 is 6.18 Å². The molecule has 1 N–H and O–H groups in total. The number of hydrogen-bond acceptors (Lipinski definition) is 3. The van der Waals surface area contributed by atoms with Crippen molar-refractivity contribution in [3.05, 3.63) is 59.7 Å². The Hall–Kier alpha value is -3.03. The van der Waals surface area contributed by atoms with Crippen LogP contribution < -0.4 is 15.0 Å². The molecule has 28 heavy (non-hydrogen) atoms. The largest absolute Gasteiger partial charge is 0.495 e. The van der Waals surface area contributed by atoms with Crippen molar-refractivity contribution in [3.63, 3.8) is 0 Å². The van der Waals surface area contributed by atoms with Crippen LogP contribution in [0.5, 0.6) is 5.75 Å². The standard InChI is InChI=1S/C20H19F3N2O3/c1-28-17-8-3-2-7-16(17)25-12-14(10-18(25)26)19(27)24-11-13-5-4-6-15(9-13)20(21,22)23/h2-9,14H,10-12H2,1H3,(H,24,27). The molecule has 1 aliphatic heterocycles. The Balaban J connectivity index is 1.64. The fraction of sp³-hybridized carbons (Fsp3) is 0.300. The lowest BCUT2D eigenvalue weighted by atomic mass is 10.1. The van der Waals surface area contributed by atoms with E-state index in [1.165, 1.54) is 24.1 Å². The summed E-state index contributed by atoms with van der Waals surface area (Å²) in [6.45, 7) is 0.149. The first-order valence-electron chi connectivity index (χ1n) is 8.67. The van der Waals surface area contributed by atoms with Gasteiger partial charge in [-0.25, -0.2) is 0 Å². The summed E-state index contributed by atoms with van der Waals surface area (Å²) in [6, 6.07) is 11.8. The third-order valence-corrected chi connectivity index (χ3v) is 4.59. The molecule has 2 aromatic rings. The summed E-state index contributed by atoms with van der Waals surface area (Å²) in [7, 11) is 1.50. The third kappa shape index (κ3) is 4.27. The zero-order valence-electron chi connectivity index (χ0n) is 15.1. The molecule has 1 fully saturated rings.